The summed E-state index contributed by atoms with van der Waals surface area (Å²) < 4.78 is 0. The number of anilines is 1. The van der Waals surface area contributed by atoms with Crippen molar-refractivity contribution in [2.75, 3.05) is 23.9 Å². The van der Waals surface area contributed by atoms with Gasteiger partial charge in [-0.2, -0.15) is 17.0 Å². The number of hydrogen-bond donors (Lipinski definition) is 1. The Labute approximate surface area is 82.2 Å². The highest BCUT2D eigenvalue weighted by Crippen LogP contribution is 2.10. The molecule has 0 saturated heterocycles. The van der Waals surface area contributed by atoms with Crippen molar-refractivity contribution in [1.29, 1.82) is 5.26 Å². The van der Waals surface area contributed by atoms with Gasteiger partial charge in [0.05, 0.1) is 5.69 Å². The standard InChI is InChI=1S/C9H11N3S/c1-13-6-5-12-8-3-2-4-11-9(8)7-10/h2-4,12H,5-6H2,1H3. The number of aromatic nitrogens is 1. The SMILES string of the molecule is CSCCNc1cccnc1C#N. The molecule has 0 aliphatic heterocycles. The summed E-state index contributed by atoms with van der Waals surface area (Å²) in [7, 11) is 0. The van der Waals surface area contributed by atoms with Crippen LogP contribution >= 0.6 is 11.8 Å². The molecular weight excluding hydrogens is 182 g/mol. The van der Waals surface area contributed by atoms with Crippen LogP contribution in [0.15, 0.2) is 18.3 Å². The van der Waals surface area contributed by atoms with Gasteiger partial charge in [0.25, 0.3) is 0 Å². The lowest BCUT2D eigenvalue weighted by molar-refractivity contribution is 1.18. The van der Waals surface area contributed by atoms with Gasteiger partial charge in [0.15, 0.2) is 5.69 Å². The molecule has 0 radical (unpaired) electrons. The summed E-state index contributed by atoms with van der Waals surface area (Å²) in [5, 5.41) is 11.9. The average Bonchev–Trinajstić information content (AvgIpc) is 2.19. The largest absolute Gasteiger partial charge is 0.382 e. The smallest absolute Gasteiger partial charge is 0.163 e. The van der Waals surface area contributed by atoms with Crippen LogP contribution in [0.1, 0.15) is 5.69 Å². The lowest BCUT2D eigenvalue weighted by Crippen LogP contribution is -2.05. The van der Waals surface area contributed by atoms with Crippen molar-refractivity contribution in [2.24, 2.45) is 0 Å². The van der Waals surface area contributed by atoms with Crippen LogP contribution in [0.5, 0.6) is 0 Å². The van der Waals surface area contributed by atoms with Gasteiger partial charge in [-0.05, 0) is 18.4 Å². The molecule has 0 aromatic carbocycles. The zero-order valence-electron chi connectivity index (χ0n) is 7.45. The van der Waals surface area contributed by atoms with Gasteiger partial charge in [0.2, 0.25) is 0 Å². The summed E-state index contributed by atoms with van der Waals surface area (Å²) >= 11 is 1.77. The minimum atomic E-state index is 0.462. The summed E-state index contributed by atoms with van der Waals surface area (Å²) in [6.45, 7) is 0.863. The first-order valence-corrected chi connectivity index (χ1v) is 5.36. The first kappa shape index (κ1) is 9.87. The van der Waals surface area contributed by atoms with Gasteiger partial charge in [-0.1, -0.05) is 0 Å². The number of nitrogens with zero attached hydrogens (tertiary/aromatic N) is 2. The Morgan fingerprint density at radius 3 is 3.23 bits per heavy atom. The first-order chi connectivity index (χ1) is 6.38. The van der Waals surface area contributed by atoms with Crippen LogP contribution in [-0.2, 0) is 0 Å². The zero-order valence-corrected chi connectivity index (χ0v) is 8.27. The summed E-state index contributed by atoms with van der Waals surface area (Å²) in [6, 6.07) is 5.73. The number of thioether (sulfide) groups is 1. The van der Waals surface area contributed by atoms with Crippen molar-refractivity contribution in [1.82, 2.24) is 4.98 Å². The Kier molecular flexibility index (Phi) is 4.13. The van der Waals surface area contributed by atoms with Crippen LogP contribution in [0.25, 0.3) is 0 Å². The molecular formula is C9H11N3S. The molecule has 1 rings (SSSR count). The van der Waals surface area contributed by atoms with Crippen LogP contribution in [0.3, 0.4) is 0 Å². The van der Waals surface area contributed by atoms with E-state index in [9.17, 15) is 0 Å². The van der Waals surface area contributed by atoms with E-state index in [1.807, 2.05) is 18.2 Å². The maximum absolute atomic E-state index is 8.72. The molecule has 0 saturated carbocycles. The van der Waals surface area contributed by atoms with E-state index in [2.05, 4.69) is 16.6 Å². The van der Waals surface area contributed by atoms with E-state index in [0.717, 1.165) is 18.0 Å². The lowest BCUT2D eigenvalue weighted by Gasteiger charge is -2.05. The van der Waals surface area contributed by atoms with Crippen LogP contribution in [-0.4, -0.2) is 23.5 Å². The fourth-order valence-corrected chi connectivity index (χ4v) is 1.23. The van der Waals surface area contributed by atoms with Crippen molar-refractivity contribution in [2.45, 2.75) is 0 Å². The predicted octanol–water partition coefficient (Wildman–Crippen LogP) is 1.73. The summed E-state index contributed by atoms with van der Waals surface area (Å²) in [6.07, 6.45) is 3.68. The molecule has 0 atom stereocenters. The van der Waals surface area contributed by atoms with Crippen molar-refractivity contribution in [3.63, 3.8) is 0 Å². The number of pyridine rings is 1. The van der Waals surface area contributed by atoms with Crippen LogP contribution < -0.4 is 5.32 Å². The van der Waals surface area contributed by atoms with E-state index in [0.29, 0.717) is 5.69 Å². The molecule has 0 unspecified atom stereocenters. The van der Waals surface area contributed by atoms with E-state index in [4.69, 9.17) is 5.26 Å². The third-order valence-electron chi connectivity index (χ3n) is 1.54. The maximum Gasteiger partial charge on any atom is 0.163 e. The van der Waals surface area contributed by atoms with Gasteiger partial charge in [0, 0.05) is 18.5 Å². The summed E-state index contributed by atoms with van der Waals surface area (Å²) in [5.41, 5.74) is 1.28. The van der Waals surface area contributed by atoms with Crippen molar-refractivity contribution < 1.29 is 0 Å². The molecule has 1 N–H and O–H groups in total. The molecule has 0 aliphatic carbocycles. The number of nitrogens with one attached hydrogen (secondary N) is 1. The molecule has 1 aromatic rings. The third kappa shape index (κ3) is 2.96. The van der Waals surface area contributed by atoms with Crippen LogP contribution in [0, 0.1) is 11.3 Å². The van der Waals surface area contributed by atoms with E-state index >= 15 is 0 Å². The van der Waals surface area contributed by atoms with Crippen molar-refractivity contribution >= 4 is 17.4 Å². The maximum atomic E-state index is 8.72. The molecule has 0 spiro atoms. The molecule has 0 bridgehead atoms. The normalized spacial score (nSPS) is 9.23. The minimum absolute atomic E-state index is 0.462. The molecule has 1 heterocycles. The molecule has 13 heavy (non-hydrogen) atoms. The highest BCUT2D eigenvalue weighted by atomic mass is 32.2. The Bertz CT molecular complexity index is 306. The molecule has 0 fully saturated rings. The molecule has 68 valence electrons. The zero-order chi connectivity index (χ0) is 9.52. The van der Waals surface area contributed by atoms with E-state index in [1.165, 1.54) is 0 Å². The number of nitriles is 1. The monoisotopic (exact) mass is 193 g/mol. The summed E-state index contributed by atoms with van der Waals surface area (Å²) in [5.74, 6) is 1.03. The molecule has 0 aliphatic rings. The Balaban J connectivity index is 2.60. The van der Waals surface area contributed by atoms with Crippen LogP contribution in [0.2, 0.25) is 0 Å². The van der Waals surface area contributed by atoms with Crippen molar-refractivity contribution in [3.8, 4) is 6.07 Å². The average molecular weight is 193 g/mol. The van der Waals surface area contributed by atoms with Gasteiger partial charge in [0.1, 0.15) is 6.07 Å². The fraction of sp³-hybridized carbons (Fsp3) is 0.333. The second-order valence-electron chi connectivity index (χ2n) is 2.43. The quantitative estimate of drug-likeness (QED) is 0.740. The second kappa shape index (κ2) is 5.44. The van der Waals surface area contributed by atoms with Gasteiger partial charge in [-0.25, -0.2) is 4.98 Å². The third-order valence-corrected chi connectivity index (χ3v) is 2.15. The van der Waals surface area contributed by atoms with Gasteiger partial charge >= 0.3 is 0 Å². The van der Waals surface area contributed by atoms with Crippen LogP contribution in [0.4, 0.5) is 5.69 Å². The number of rotatable bonds is 4. The van der Waals surface area contributed by atoms with E-state index in [1.54, 1.807) is 18.0 Å². The second-order valence-corrected chi connectivity index (χ2v) is 3.42. The first-order valence-electron chi connectivity index (χ1n) is 3.96. The fourth-order valence-electron chi connectivity index (χ4n) is 0.925. The molecule has 4 heteroatoms. The number of hydrogen-bond acceptors (Lipinski definition) is 4. The van der Waals surface area contributed by atoms with E-state index in [-0.39, 0.29) is 0 Å². The summed E-state index contributed by atoms with van der Waals surface area (Å²) in [4.78, 5) is 3.95. The topological polar surface area (TPSA) is 48.7 Å². The van der Waals surface area contributed by atoms with Gasteiger partial charge in [-0.15, -0.1) is 0 Å². The highest BCUT2D eigenvalue weighted by molar-refractivity contribution is 7.98. The van der Waals surface area contributed by atoms with E-state index < -0.39 is 0 Å². The Morgan fingerprint density at radius 2 is 2.54 bits per heavy atom. The molecule has 1 aromatic heterocycles. The Morgan fingerprint density at radius 1 is 1.69 bits per heavy atom. The Hall–Kier alpha value is -1.21. The predicted molar refractivity (Wildman–Crippen MR) is 55.8 cm³/mol. The van der Waals surface area contributed by atoms with Gasteiger partial charge < -0.3 is 5.32 Å². The lowest BCUT2D eigenvalue weighted by atomic mass is 10.3. The van der Waals surface area contributed by atoms with Crippen molar-refractivity contribution in [3.05, 3.63) is 24.0 Å². The molecule has 0 amide bonds. The highest BCUT2D eigenvalue weighted by Gasteiger charge is 1.99. The van der Waals surface area contributed by atoms with Gasteiger partial charge in [-0.3, -0.25) is 0 Å². The minimum Gasteiger partial charge on any atom is -0.382 e. The molecule has 3 nitrogen and oxygen atoms in total.